The fraction of sp³-hybridized carbons (Fsp3) is 0.923. The lowest BCUT2D eigenvalue weighted by Crippen LogP contribution is -2.37. The first kappa shape index (κ1) is 13.2. The zero-order chi connectivity index (χ0) is 12.3. The maximum Gasteiger partial charge on any atom is 0.228 e. The van der Waals surface area contributed by atoms with E-state index in [0.29, 0.717) is 17.7 Å². The second-order valence-corrected chi connectivity index (χ2v) is 5.51. The number of nitrogens with zero attached hydrogens (tertiary/aromatic N) is 1. The van der Waals surface area contributed by atoms with Crippen molar-refractivity contribution in [1.82, 2.24) is 4.90 Å². The summed E-state index contributed by atoms with van der Waals surface area (Å²) in [5, 5.41) is 0. The van der Waals surface area contributed by atoms with E-state index in [9.17, 15) is 4.79 Å². The molecule has 1 amide bonds. The molecule has 98 valence electrons. The molecule has 17 heavy (non-hydrogen) atoms. The molecule has 2 aliphatic heterocycles. The molecule has 2 rings (SSSR count). The molecule has 3 atom stereocenters. The van der Waals surface area contributed by atoms with E-state index < -0.39 is 0 Å². The minimum Gasteiger partial charge on any atom is -0.377 e. The number of ether oxygens (including phenoxy) is 1. The van der Waals surface area contributed by atoms with Gasteiger partial charge in [0.25, 0.3) is 0 Å². The predicted molar refractivity (Wildman–Crippen MR) is 68.2 cm³/mol. The summed E-state index contributed by atoms with van der Waals surface area (Å²) in [5.41, 5.74) is 0. The third-order valence-corrected chi connectivity index (χ3v) is 4.26. The average molecular weight is 260 g/mol. The molecule has 0 N–H and O–H groups in total. The van der Waals surface area contributed by atoms with Crippen LogP contribution < -0.4 is 0 Å². The zero-order valence-corrected chi connectivity index (χ0v) is 11.3. The Bertz CT molecular complexity index is 272. The quantitative estimate of drug-likeness (QED) is 0.725. The van der Waals surface area contributed by atoms with Crippen molar-refractivity contribution in [1.29, 1.82) is 0 Å². The summed E-state index contributed by atoms with van der Waals surface area (Å²) < 4.78 is 5.60. The largest absolute Gasteiger partial charge is 0.377 e. The van der Waals surface area contributed by atoms with Crippen LogP contribution in [0.3, 0.4) is 0 Å². The highest BCUT2D eigenvalue weighted by Gasteiger charge is 2.37. The Labute approximate surface area is 108 Å². The molecule has 0 aromatic heterocycles. The molecule has 4 heteroatoms. The van der Waals surface area contributed by atoms with E-state index in [2.05, 4.69) is 6.92 Å². The van der Waals surface area contributed by atoms with Crippen molar-refractivity contribution >= 4 is 17.5 Å². The van der Waals surface area contributed by atoms with Gasteiger partial charge < -0.3 is 9.64 Å². The van der Waals surface area contributed by atoms with Crippen LogP contribution >= 0.6 is 11.6 Å². The SMILES string of the molecule is CCC1OCCC1C(=O)N1CCC(CCCl)C1. The minimum atomic E-state index is 0.106. The molecule has 0 spiro atoms. The molecule has 0 aromatic carbocycles. The number of carbonyl (C=O) groups is 1. The van der Waals surface area contributed by atoms with Gasteiger partial charge in [0, 0.05) is 25.6 Å². The van der Waals surface area contributed by atoms with Crippen molar-refractivity contribution in [3.63, 3.8) is 0 Å². The summed E-state index contributed by atoms with van der Waals surface area (Å²) in [7, 11) is 0. The molecule has 2 heterocycles. The van der Waals surface area contributed by atoms with Gasteiger partial charge in [-0.25, -0.2) is 0 Å². The number of likely N-dealkylation sites (tertiary alicyclic amines) is 1. The van der Waals surface area contributed by atoms with Crippen LogP contribution in [0.1, 0.15) is 32.6 Å². The second kappa shape index (κ2) is 6.05. The van der Waals surface area contributed by atoms with Crippen molar-refractivity contribution in [2.75, 3.05) is 25.6 Å². The molecule has 0 bridgehead atoms. The number of hydrogen-bond acceptors (Lipinski definition) is 2. The Hall–Kier alpha value is -0.280. The van der Waals surface area contributed by atoms with Gasteiger partial charge in [-0.3, -0.25) is 4.79 Å². The number of halogens is 1. The average Bonchev–Trinajstić information content (AvgIpc) is 2.96. The minimum absolute atomic E-state index is 0.106. The summed E-state index contributed by atoms with van der Waals surface area (Å²) >= 11 is 5.76. The van der Waals surface area contributed by atoms with Crippen LogP contribution in [0, 0.1) is 11.8 Å². The number of alkyl halides is 1. The third-order valence-electron chi connectivity index (χ3n) is 4.04. The molecule has 0 aliphatic carbocycles. The van der Waals surface area contributed by atoms with Crippen LogP contribution in [0.5, 0.6) is 0 Å². The van der Waals surface area contributed by atoms with Gasteiger partial charge in [0.15, 0.2) is 0 Å². The molecule has 2 saturated heterocycles. The molecule has 0 aromatic rings. The van der Waals surface area contributed by atoms with E-state index in [1.165, 1.54) is 0 Å². The molecular formula is C13H22ClNO2. The summed E-state index contributed by atoms with van der Waals surface area (Å²) in [6.07, 6.45) is 4.13. The smallest absolute Gasteiger partial charge is 0.228 e. The fourth-order valence-corrected chi connectivity index (χ4v) is 3.30. The van der Waals surface area contributed by atoms with Crippen molar-refractivity contribution in [3.8, 4) is 0 Å². The lowest BCUT2D eigenvalue weighted by molar-refractivity contribution is -0.136. The van der Waals surface area contributed by atoms with E-state index in [1.807, 2.05) is 4.90 Å². The second-order valence-electron chi connectivity index (χ2n) is 5.13. The molecule has 2 aliphatic rings. The van der Waals surface area contributed by atoms with E-state index in [-0.39, 0.29) is 12.0 Å². The summed E-state index contributed by atoms with van der Waals surface area (Å²) in [6.45, 7) is 4.65. The van der Waals surface area contributed by atoms with Gasteiger partial charge in [0.2, 0.25) is 5.91 Å². The van der Waals surface area contributed by atoms with Crippen LogP contribution in [0.4, 0.5) is 0 Å². The van der Waals surface area contributed by atoms with Gasteiger partial charge in [-0.2, -0.15) is 0 Å². The van der Waals surface area contributed by atoms with Gasteiger partial charge in [-0.1, -0.05) is 6.92 Å². The molecule has 0 saturated carbocycles. The lowest BCUT2D eigenvalue weighted by Gasteiger charge is -2.23. The number of rotatable bonds is 4. The van der Waals surface area contributed by atoms with Gasteiger partial charge in [-0.05, 0) is 31.6 Å². The summed E-state index contributed by atoms with van der Waals surface area (Å²) in [6, 6.07) is 0. The third kappa shape index (κ3) is 2.94. The zero-order valence-electron chi connectivity index (χ0n) is 10.5. The van der Waals surface area contributed by atoms with Crippen molar-refractivity contribution < 1.29 is 9.53 Å². The molecule has 2 fully saturated rings. The van der Waals surface area contributed by atoms with Crippen LogP contribution in [0.2, 0.25) is 0 Å². The summed E-state index contributed by atoms with van der Waals surface area (Å²) in [5.74, 6) is 1.73. The Kier molecular flexibility index (Phi) is 4.69. The van der Waals surface area contributed by atoms with Crippen LogP contribution in [-0.4, -0.2) is 42.5 Å². The highest BCUT2D eigenvalue weighted by molar-refractivity contribution is 6.17. The van der Waals surface area contributed by atoms with E-state index in [1.54, 1.807) is 0 Å². The van der Waals surface area contributed by atoms with Gasteiger partial charge in [0.1, 0.15) is 0 Å². The highest BCUT2D eigenvalue weighted by Crippen LogP contribution is 2.28. The Morgan fingerprint density at radius 2 is 2.29 bits per heavy atom. The number of hydrogen-bond donors (Lipinski definition) is 0. The summed E-state index contributed by atoms with van der Waals surface area (Å²) in [4.78, 5) is 14.4. The number of carbonyl (C=O) groups excluding carboxylic acids is 1. The Morgan fingerprint density at radius 1 is 1.47 bits per heavy atom. The van der Waals surface area contributed by atoms with Gasteiger partial charge in [-0.15, -0.1) is 11.6 Å². The van der Waals surface area contributed by atoms with E-state index in [0.717, 1.165) is 45.4 Å². The maximum atomic E-state index is 12.4. The maximum absolute atomic E-state index is 12.4. The van der Waals surface area contributed by atoms with Crippen LogP contribution in [0.25, 0.3) is 0 Å². The predicted octanol–water partition coefficient (Wildman–Crippen LogP) is 2.28. The fourth-order valence-electron chi connectivity index (χ4n) is 2.99. The molecule has 3 unspecified atom stereocenters. The standard InChI is InChI=1S/C13H22ClNO2/c1-2-12-11(5-8-17-12)13(16)15-7-4-10(9-15)3-6-14/h10-12H,2-9H2,1H3. The Morgan fingerprint density at radius 3 is 3.00 bits per heavy atom. The van der Waals surface area contributed by atoms with Crippen molar-refractivity contribution in [2.24, 2.45) is 11.8 Å². The number of amides is 1. The molecule has 3 nitrogen and oxygen atoms in total. The molecular weight excluding hydrogens is 238 g/mol. The van der Waals surface area contributed by atoms with Crippen LogP contribution in [-0.2, 0) is 9.53 Å². The van der Waals surface area contributed by atoms with Crippen molar-refractivity contribution in [2.45, 2.75) is 38.7 Å². The first-order valence-electron chi connectivity index (χ1n) is 6.72. The van der Waals surface area contributed by atoms with Crippen molar-refractivity contribution in [3.05, 3.63) is 0 Å². The first-order valence-corrected chi connectivity index (χ1v) is 7.26. The van der Waals surface area contributed by atoms with Gasteiger partial charge in [0.05, 0.1) is 12.0 Å². The van der Waals surface area contributed by atoms with E-state index in [4.69, 9.17) is 16.3 Å². The van der Waals surface area contributed by atoms with E-state index >= 15 is 0 Å². The lowest BCUT2D eigenvalue weighted by atomic mass is 9.98. The molecule has 0 radical (unpaired) electrons. The highest BCUT2D eigenvalue weighted by atomic mass is 35.5. The normalized spacial score (nSPS) is 33.3. The first-order chi connectivity index (χ1) is 8.26. The topological polar surface area (TPSA) is 29.5 Å². The Balaban J connectivity index is 1.88. The van der Waals surface area contributed by atoms with Gasteiger partial charge >= 0.3 is 0 Å². The van der Waals surface area contributed by atoms with Crippen LogP contribution in [0.15, 0.2) is 0 Å². The monoisotopic (exact) mass is 259 g/mol.